The first kappa shape index (κ1) is 21.2. The van der Waals surface area contributed by atoms with Crippen molar-refractivity contribution in [3.63, 3.8) is 0 Å². The van der Waals surface area contributed by atoms with Crippen molar-refractivity contribution >= 4 is 39.9 Å². The number of phenolic OH excluding ortho intramolecular Hbond substituents is 2. The van der Waals surface area contributed by atoms with Crippen molar-refractivity contribution in [2.45, 2.75) is 19.6 Å². The van der Waals surface area contributed by atoms with E-state index in [4.69, 9.17) is 25.8 Å². The molecule has 33 heavy (non-hydrogen) atoms. The number of cyclic esters (lactones) is 1. The number of halogens is 1. The second-order valence-electron chi connectivity index (χ2n) is 8.02. The predicted octanol–water partition coefficient (Wildman–Crippen LogP) is 3.99. The third-order valence-electron chi connectivity index (χ3n) is 6.29. The number of aryl methyl sites for hydroxylation is 1. The number of methoxy groups -OCH3 is 2. The Morgan fingerprint density at radius 2 is 1.64 bits per heavy atom. The van der Waals surface area contributed by atoms with E-state index in [1.165, 1.54) is 27.2 Å². The quantitative estimate of drug-likeness (QED) is 0.335. The fourth-order valence-electron chi connectivity index (χ4n) is 4.67. The summed E-state index contributed by atoms with van der Waals surface area (Å²) in [7, 11) is 2.63. The fourth-order valence-corrected chi connectivity index (χ4v) is 4.90. The van der Waals surface area contributed by atoms with Crippen LogP contribution in [0.2, 0.25) is 5.02 Å². The van der Waals surface area contributed by atoms with Gasteiger partial charge in [-0.15, -0.1) is 0 Å². The maximum absolute atomic E-state index is 13.7. The maximum Gasteiger partial charge on any atom is 0.345 e. The first-order chi connectivity index (χ1) is 15.6. The zero-order valence-corrected chi connectivity index (χ0v) is 18.7. The molecule has 2 N–H and O–H groups in total. The number of esters is 1. The lowest BCUT2D eigenvalue weighted by molar-refractivity contribution is -0.173. The van der Waals surface area contributed by atoms with Gasteiger partial charge in [-0.3, -0.25) is 9.59 Å². The lowest BCUT2D eigenvalue weighted by Crippen LogP contribution is -2.26. The summed E-state index contributed by atoms with van der Waals surface area (Å²) < 4.78 is 15.9. The third-order valence-corrected chi connectivity index (χ3v) is 6.76. The maximum atomic E-state index is 13.7. The van der Waals surface area contributed by atoms with Crippen molar-refractivity contribution in [2.24, 2.45) is 0 Å². The van der Waals surface area contributed by atoms with Gasteiger partial charge in [0.05, 0.1) is 28.8 Å². The van der Waals surface area contributed by atoms with Crippen LogP contribution in [0.5, 0.6) is 17.2 Å². The molecule has 9 heteroatoms. The molecule has 0 saturated heterocycles. The molecule has 3 aromatic carbocycles. The molecule has 0 spiro atoms. The lowest BCUT2D eigenvalue weighted by atomic mass is 9.78. The molecular weight excluding hydrogens is 452 g/mol. The molecule has 0 amide bonds. The monoisotopic (exact) mass is 468 g/mol. The van der Waals surface area contributed by atoms with E-state index in [2.05, 4.69) is 0 Å². The molecule has 5 rings (SSSR count). The Morgan fingerprint density at radius 1 is 0.970 bits per heavy atom. The van der Waals surface area contributed by atoms with Crippen LogP contribution in [0.4, 0.5) is 0 Å². The molecule has 0 saturated carbocycles. The number of ether oxygens (including phenoxy) is 3. The molecule has 1 atom stereocenters. The number of phenols is 2. The Morgan fingerprint density at radius 3 is 2.27 bits per heavy atom. The fraction of sp³-hybridized carbons (Fsp3) is 0.208. The van der Waals surface area contributed by atoms with Crippen molar-refractivity contribution in [2.75, 3.05) is 14.2 Å². The van der Waals surface area contributed by atoms with Gasteiger partial charge in [0, 0.05) is 30.5 Å². The van der Waals surface area contributed by atoms with Gasteiger partial charge >= 0.3 is 5.97 Å². The minimum Gasteiger partial charge on any atom is -0.507 e. The second kappa shape index (κ2) is 6.69. The van der Waals surface area contributed by atoms with E-state index in [9.17, 15) is 24.6 Å². The zero-order chi connectivity index (χ0) is 24.0. The number of fused-ring (bicyclic) bond motifs is 5. The van der Waals surface area contributed by atoms with Gasteiger partial charge in [-0.2, -0.15) is 0 Å². The third kappa shape index (κ3) is 2.47. The van der Waals surface area contributed by atoms with Crippen LogP contribution in [0.15, 0.2) is 18.2 Å². The summed E-state index contributed by atoms with van der Waals surface area (Å²) in [5, 5.41) is 23.2. The molecule has 0 fully saturated rings. The molecule has 1 aliphatic carbocycles. The van der Waals surface area contributed by atoms with Crippen LogP contribution in [-0.4, -0.2) is 42.0 Å². The van der Waals surface area contributed by atoms with Gasteiger partial charge in [-0.25, -0.2) is 4.79 Å². The van der Waals surface area contributed by atoms with Crippen LogP contribution < -0.4 is 4.74 Å². The molecule has 1 unspecified atom stereocenters. The molecule has 168 valence electrons. The number of carbonyl (C=O) groups excluding carboxylic acids is 3. The smallest absolute Gasteiger partial charge is 0.345 e. The van der Waals surface area contributed by atoms with E-state index in [1.807, 2.05) is 0 Å². The number of hydrogen-bond donors (Lipinski definition) is 2. The van der Waals surface area contributed by atoms with E-state index >= 15 is 0 Å². The predicted molar refractivity (Wildman–Crippen MR) is 117 cm³/mol. The zero-order valence-electron chi connectivity index (χ0n) is 18.0. The van der Waals surface area contributed by atoms with Crippen LogP contribution in [0.25, 0.3) is 10.8 Å². The Labute approximate surface area is 192 Å². The van der Waals surface area contributed by atoms with E-state index in [1.54, 1.807) is 19.1 Å². The molecular formula is C24H17ClO8. The molecule has 1 aliphatic heterocycles. The van der Waals surface area contributed by atoms with Gasteiger partial charge in [-0.1, -0.05) is 17.7 Å². The summed E-state index contributed by atoms with van der Waals surface area (Å²) in [5.74, 6) is -5.45. The van der Waals surface area contributed by atoms with Crippen molar-refractivity contribution in [3.05, 3.63) is 62.2 Å². The Balaban J connectivity index is 1.92. The van der Waals surface area contributed by atoms with Gasteiger partial charge in [0.25, 0.3) is 0 Å². The summed E-state index contributed by atoms with van der Waals surface area (Å²) in [6, 6.07) is 4.86. The van der Waals surface area contributed by atoms with Crippen LogP contribution >= 0.6 is 11.6 Å². The van der Waals surface area contributed by atoms with Crippen LogP contribution in [-0.2, 0) is 15.3 Å². The summed E-state index contributed by atoms with van der Waals surface area (Å²) in [5.41, 5.74) is -0.907. The van der Waals surface area contributed by atoms with Gasteiger partial charge in [0.2, 0.25) is 5.79 Å². The molecule has 0 aromatic heterocycles. The van der Waals surface area contributed by atoms with E-state index in [0.29, 0.717) is 16.3 Å². The van der Waals surface area contributed by atoms with Gasteiger partial charge in [0.15, 0.2) is 11.6 Å². The average Bonchev–Trinajstić information content (AvgIpc) is 3.06. The van der Waals surface area contributed by atoms with Crippen LogP contribution in [0.1, 0.15) is 60.3 Å². The molecule has 1 heterocycles. The van der Waals surface area contributed by atoms with E-state index in [0.717, 1.165) is 0 Å². The molecule has 2 aliphatic rings. The van der Waals surface area contributed by atoms with E-state index < -0.39 is 51.5 Å². The largest absolute Gasteiger partial charge is 0.507 e. The molecule has 0 radical (unpaired) electrons. The van der Waals surface area contributed by atoms with Crippen molar-refractivity contribution < 1.29 is 38.8 Å². The standard InChI is InChI=1S/C24H17ClO8/c1-8-7-9-5-6-10-12(11(9)22(31-3)17(8)25)19(27)14-13(18(10)26)21(29)16-15(20(14)28)23(30)33-24(16,2)32-4/h5-7,28-29H,1-4H3. The highest BCUT2D eigenvalue weighted by atomic mass is 35.5. The van der Waals surface area contributed by atoms with Crippen LogP contribution in [0.3, 0.4) is 0 Å². The number of benzene rings is 3. The SMILES string of the molecule is COc1c(Cl)c(C)cc2ccc3c(c12)C(=O)c1c(O)c2c(c(O)c1C3=O)C(C)(OC)OC2=O. The van der Waals surface area contributed by atoms with Crippen molar-refractivity contribution in [3.8, 4) is 17.2 Å². The Hall–Kier alpha value is -3.62. The van der Waals surface area contributed by atoms with Crippen molar-refractivity contribution in [1.29, 1.82) is 0 Å². The Kier molecular flexibility index (Phi) is 4.31. The summed E-state index contributed by atoms with van der Waals surface area (Å²) in [6.07, 6.45) is 0. The second-order valence-corrected chi connectivity index (χ2v) is 8.40. The number of ketones is 2. The lowest BCUT2D eigenvalue weighted by Gasteiger charge is -2.26. The van der Waals surface area contributed by atoms with Crippen LogP contribution in [0, 0.1) is 6.92 Å². The Bertz CT molecular complexity index is 1470. The number of aromatic hydroxyl groups is 2. The normalized spacial score (nSPS) is 18.8. The number of carbonyl (C=O) groups is 3. The summed E-state index contributed by atoms with van der Waals surface area (Å²) >= 11 is 6.41. The van der Waals surface area contributed by atoms with E-state index in [-0.39, 0.29) is 27.5 Å². The number of rotatable bonds is 2. The molecule has 3 aromatic rings. The van der Waals surface area contributed by atoms with Gasteiger partial charge < -0.3 is 24.4 Å². The highest BCUT2D eigenvalue weighted by Crippen LogP contribution is 2.52. The topological polar surface area (TPSA) is 119 Å². The van der Waals surface area contributed by atoms with Gasteiger partial charge in [0.1, 0.15) is 22.8 Å². The minimum atomic E-state index is -1.75. The molecule has 0 bridgehead atoms. The number of hydrogen-bond acceptors (Lipinski definition) is 8. The molecule has 8 nitrogen and oxygen atoms in total. The summed E-state index contributed by atoms with van der Waals surface area (Å²) in [4.78, 5) is 39.8. The highest BCUT2D eigenvalue weighted by molar-refractivity contribution is 6.38. The van der Waals surface area contributed by atoms with Crippen molar-refractivity contribution in [1.82, 2.24) is 0 Å². The highest BCUT2D eigenvalue weighted by Gasteiger charge is 2.51. The minimum absolute atomic E-state index is 0.00256. The summed E-state index contributed by atoms with van der Waals surface area (Å²) in [6.45, 7) is 3.13. The van der Waals surface area contributed by atoms with Gasteiger partial charge in [-0.05, 0) is 30.0 Å². The first-order valence-corrected chi connectivity index (χ1v) is 10.2. The average molecular weight is 469 g/mol. The first-order valence-electron chi connectivity index (χ1n) is 9.87.